The molecule has 1 saturated heterocycles. The highest BCUT2D eigenvalue weighted by molar-refractivity contribution is 5.24. The van der Waals surface area contributed by atoms with E-state index in [4.69, 9.17) is 4.74 Å². The fourth-order valence-corrected chi connectivity index (χ4v) is 2.29. The molecule has 0 amide bonds. The molecule has 3 rings (SSSR count). The van der Waals surface area contributed by atoms with Crippen molar-refractivity contribution in [3.8, 4) is 0 Å². The second kappa shape index (κ2) is 6.28. The molecule has 1 aliphatic heterocycles. The van der Waals surface area contributed by atoms with Crippen LogP contribution in [0.3, 0.4) is 0 Å². The van der Waals surface area contributed by atoms with Gasteiger partial charge in [-0.05, 0) is 11.6 Å². The van der Waals surface area contributed by atoms with Gasteiger partial charge in [0.05, 0.1) is 25.8 Å². The Bertz CT molecular complexity index is 596. The summed E-state index contributed by atoms with van der Waals surface area (Å²) in [5, 5.41) is 7.65. The molecule has 5 nitrogen and oxygen atoms in total. The standard InChI is InChI=1S/C14H16F2N4O/c15-13(16)11-3-1-2-10(6-11)7-20-9-18-14(19-20)12-8-21-5-4-17-12/h1-3,6,9,12-13,17H,4-5,7-8H2. The van der Waals surface area contributed by atoms with Crippen molar-refractivity contribution in [3.05, 3.63) is 47.5 Å². The van der Waals surface area contributed by atoms with Gasteiger partial charge in [0.1, 0.15) is 6.33 Å². The summed E-state index contributed by atoms with van der Waals surface area (Å²) in [7, 11) is 0. The summed E-state index contributed by atoms with van der Waals surface area (Å²) in [4.78, 5) is 4.25. The minimum Gasteiger partial charge on any atom is -0.378 e. The minimum atomic E-state index is -2.46. The van der Waals surface area contributed by atoms with Crippen molar-refractivity contribution in [1.29, 1.82) is 0 Å². The molecule has 2 aromatic rings. The summed E-state index contributed by atoms with van der Waals surface area (Å²) in [6, 6.07) is 6.34. The smallest absolute Gasteiger partial charge is 0.263 e. The Morgan fingerprint density at radius 3 is 3.10 bits per heavy atom. The highest BCUT2D eigenvalue weighted by Crippen LogP contribution is 2.20. The van der Waals surface area contributed by atoms with Gasteiger partial charge in [-0.3, -0.25) is 0 Å². The quantitative estimate of drug-likeness (QED) is 0.936. The number of alkyl halides is 2. The first-order chi connectivity index (χ1) is 10.2. The molecule has 1 aromatic heterocycles. The average Bonchev–Trinajstić information content (AvgIpc) is 2.97. The predicted molar refractivity (Wildman–Crippen MR) is 72.1 cm³/mol. The third kappa shape index (κ3) is 3.43. The van der Waals surface area contributed by atoms with Crippen LogP contribution >= 0.6 is 0 Å². The number of morpholine rings is 1. The molecule has 1 fully saturated rings. The molecule has 112 valence electrons. The van der Waals surface area contributed by atoms with Gasteiger partial charge >= 0.3 is 0 Å². The molecule has 0 spiro atoms. The van der Waals surface area contributed by atoms with Crippen LogP contribution in [0.5, 0.6) is 0 Å². The van der Waals surface area contributed by atoms with Gasteiger partial charge in [-0.15, -0.1) is 0 Å². The van der Waals surface area contributed by atoms with Crippen LogP contribution in [0.2, 0.25) is 0 Å². The number of hydrogen-bond donors (Lipinski definition) is 1. The Kier molecular flexibility index (Phi) is 4.21. The largest absolute Gasteiger partial charge is 0.378 e. The van der Waals surface area contributed by atoms with E-state index in [2.05, 4.69) is 15.4 Å². The summed E-state index contributed by atoms with van der Waals surface area (Å²) in [5.41, 5.74) is 0.798. The van der Waals surface area contributed by atoms with E-state index < -0.39 is 6.43 Å². The van der Waals surface area contributed by atoms with Crippen molar-refractivity contribution in [3.63, 3.8) is 0 Å². The van der Waals surface area contributed by atoms with Gasteiger partial charge in [-0.25, -0.2) is 18.4 Å². The maximum absolute atomic E-state index is 12.7. The zero-order valence-electron chi connectivity index (χ0n) is 11.4. The molecule has 0 radical (unpaired) electrons. The fraction of sp³-hybridized carbons (Fsp3) is 0.429. The van der Waals surface area contributed by atoms with E-state index in [9.17, 15) is 8.78 Å². The molecule has 7 heteroatoms. The first kappa shape index (κ1) is 14.1. The van der Waals surface area contributed by atoms with Gasteiger partial charge in [0, 0.05) is 12.1 Å². The molecular formula is C14H16F2N4O. The van der Waals surface area contributed by atoms with Crippen LogP contribution in [-0.2, 0) is 11.3 Å². The highest BCUT2D eigenvalue weighted by atomic mass is 19.3. The summed E-state index contributed by atoms with van der Waals surface area (Å²) in [6.45, 7) is 2.43. The fourth-order valence-electron chi connectivity index (χ4n) is 2.29. The van der Waals surface area contributed by atoms with Crippen molar-refractivity contribution in [2.45, 2.75) is 19.0 Å². The Labute approximate surface area is 120 Å². The number of hydrogen-bond acceptors (Lipinski definition) is 4. The van der Waals surface area contributed by atoms with Gasteiger partial charge in [-0.1, -0.05) is 18.2 Å². The van der Waals surface area contributed by atoms with E-state index >= 15 is 0 Å². The van der Waals surface area contributed by atoms with Crippen LogP contribution in [0, 0.1) is 0 Å². The molecule has 2 heterocycles. The Morgan fingerprint density at radius 1 is 1.43 bits per heavy atom. The van der Waals surface area contributed by atoms with Gasteiger partial charge in [0.15, 0.2) is 5.82 Å². The van der Waals surface area contributed by atoms with Crippen LogP contribution < -0.4 is 5.32 Å². The van der Waals surface area contributed by atoms with Crippen LogP contribution in [0.15, 0.2) is 30.6 Å². The second-order valence-corrected chi connectivity index (χ2v) is 4.93. The first-order valence-electron chi connectivity index (χ1n) is 6.80. The van der Waals surface area contributed by atoms with E-state index in [1.165, 1.54) is 12.1 Å². The molecule has 1 aromatic carbocycles. The van der Waals surface area contributed by atoms with Gasteiger partial charge in [0.25, 0.3) is 6.43 Å². The van der Waals surface area contributed by atoms with Gasteiger partial charge in [-0.2, -0.15) is 5.10 Å². The van der Waals surface area contributed by atoms with Crippen molar-refractivity contribution in [2.75, 3.05) is 19.8 Å². The SMILES string of the molecule is FC(F)c1cccc(Cn2cnc(C3COCCN3)n2)c1. The minimum absolute atomic E-state index is 0.00704. The predicted octanol–water partition coefficient (Wildman–Crippen LogP) is 1.92. The summed E-state index contributed by atoms with van der Waals surface area (Å²) < 4.78 is 32.4. The molecule has 1 aliphatic rings. The number of ether oxygens (including phenoxy) is 1. The lowest BCUT2D eigenvalue weighted by atomic mass is 10.1. The molecule has 1 atom stereocenters. The highest BCUT2D eigenvalue weighted by Gasteiger charge is 2.19. The van der Waals surface area contributed by atoms with Crippen LogP contribution in [0.1, 0.15) is 29.4 Å². The van der Waals surface area contributed by atoms with Crippen LogP contribution in [0.25, 0.3) is 0 Å². The normalized spacial score (nSPS) is 19.1. The maximum Gasteiger partial charge on any atom is 0.263 e. The van der Waals surface area contributed by atoms with E-state index in [1.807, 2.05) is 0 Å². The molecule has 0 aliphatic carbocycles. The number of nitrogens with zero attached hydrogens (tertiary/aromatic N) is 3. The second-order valence-electron chi connectivity index (χ2n) is 4.93. The van der Waals surface area contributed by atoms with Crippen molar-refractivity contribution < 1.29 is 13.5 Å². The lowest BCUT2D eigenvalue weighted by molar-refractivity contribution is 0.0742. The van der Waals surface area contributed by atoms with Gasteiger partial charge < -0.3 is 10.1 Å². The van der Waals surface area contributed by atoms with E-state index in [-0.39, 0.29) is 11.6 Å². The number of benzene rings is 1. The number of rotatable bonds is 4. The molecular weight excluding hydrogens is 278 g/mol. The maximum atomic E-state index is 12.7. The molecule has 1 N–H and O–H groups in total. The Balaban J connectivity index is 1.70. The van der Waals surface area contributed by atoms with Crippen molar-refractivity contribution in [1.82, 2.24) is 20.1 Å². The zero-order valence-corrected chi connectivity index (χ0v) is 11.4. The average molecular weight is 294 g/mol. The lowest BCUT2D eigenvalue weighted by Gasteiger charge is -2.20. The van der Waals surface area contributed by atoms with E-state index in [1.54, 1.807) is 23.1 Å². The zero-order chi connectivity index (χ0) is 14.7. The Morgan fingerprint density at radius 2 is 2.33 bits per heavy atom. The van der Waals surface area contributed by atoms with Crippen LogP contribution in [-0.4, -0.2) is 34.5 Å². The van der Waals surface area contributed by atoms with Crippen molar-refractivity contribution in [2.24, 2.45) is 0 Å². The third-order valence-corrected chi connectivity index (χ3v) is 3.34. The van der Waals surface area contributed by atoms with E-state index in [0.717, 1.165) is 12.1 Å². The summed E-state index contributed by atoms with van der Waals surface area (Å²) >= 11 is 0. The summed E-state index contributed by atoms with van der Waals surface area (Å²) in [5.74, 6) is 0.666. The summed E-state index contributed by atoms with van der Waals surface area (Å²) in [6.07, 6.45) is -0.847. The molecule has 0 bridgehead atoms. The molecule has 1 unspecified atom stereocenters. The number of halogens is 2. The molecule has 0 saturated carbocycles. The van der Waals surface area contributed by atoms with Crippen molar-refractivity contribution >= 4 is 0 Å². The number of nitrogens with one attached hydrogen (secondary N) is 1. The lowest BCUT2D eigenvalue weighted by Crippen LogP contribution is -2.35. The van der Waals surface area contributed by atoms with Crippen LogP contribution in [0.4, 0.5) is 8.78 Å². The Hall–Kier alpha value is -1.86. The van der Waals surface area contributed by atoms with E-state index in [0.29, 0.717) is 25.6 Å². The first-order valence-corrected chi connectivity index (χ1v) is 6.80. The third-order valence-electron chi connectivity index (χ3n) is 3.34. The number of aromatic nitrogens is 3. The van der Waals surface area contributed by atoms with Gasteiger partial charge in [0.2, 0.25) is 0 Å². The monoisotopic (exact) mass is 294 g/mol. The topological polar surface area (TPSA) is 52.0 Å². The molecule has 21 heavy (non-hydrogen) atoms.